The van der Waals surface area contributed by atoms with E-state index in [0.717, 1.165) is 113 Å². The number of fused-ring (bicyclic) bond motifs is 2. The summed E-state index contributed by atoms with van der Waals surface area (Å²) in [6.07, 6.45) is 0. The van der Waals surface area contributed by atoms with Gasteiger partial charge in [-0.25, -0.2) is 34.7 Å². The molecule has 0 N–H and O–H groups in total. The zero-order valence-corrected chi connectivity index (χ0v) is 44.2. The first kappa shape index (κ1) is 48.9. The molecular formula is C73H47N9. The Morgan fingerprint density at radius 3 is 0.988 bits per heavy atom. The van der Waals surface area contributed by atoms with E-state index in [0.29, 0.717) is 29.0 Å². The minimum Gasteiger partial charge on any atom is -0.305 e. The van der Waals surface area contributed by atoms with Crippen LogP contribution in [0, 0.1) is 6.57 Å². The van der Waals surface area contributed by atoms with Crippen LogP contribution in [0.2, 0.25) is 0 Å². The third-order valence-corrected chi connectivity index (χ3v) is 14.6. The van der Waals surface area contributed by atoms with E-state index in [2.05, 4.69) is 166 Å². The van der Waals surface area contributed by atoms with Crippen LogP contribution in [0.3, 0.4) is 0 Å². The highest BCUT2D eigenvalue weighted by atomic mass is 15.3. The van der Waals surface area contributed by atoms with Gasteiger partial charge in [0.05, 0.1) is 63.5 Å². The van der Waals surface area contributed by atoms with Gasteiger partial charge in [0.15, 0.2) is 23.2 Å². The fraction of sp³-hybridized carbons (Fsp3) is 0. The maximum Gasteiger partial charge on any atom is 0.187 e. The molecule has 0 bridgehead atoms. The van der Waals surface area contributed by atoms with Gasteiger partial charge in [-0.2, -0.15) is 0 Å². The Morgan fingerprint density at radius 1 is 0.256 bits per heavy atom. The smallest absolute Gasteiger partial charge is 0.187 e. The first-order chi connectivity index (χ1) is 40.6. The summed E-state index contributed by atoms with van der Waals surface area (Å²) in [6, 6.07) is 96.7. The van der Waals surface area contributed by atoms with Gasteiger partial charge < -0.3 is 4.90 Å². The summed E-state index contributed by atoms with van der Waals surface area (Å²) in [4.78, 5) is 41.0. The lowest BCUT2D eigenvalue weighted by Crippen LogP contribution is -2.25. The molecular weight excluding hydrogens is 1000 g/mol. The molecule has 14 rings (SSSR count). The Morgan fingerprint density at radius 2 is 0.585 bits per heavy atom. The standard InChI is InChI=1S/C73H47N9/c1-74-57-42-40-49(41-43-57)58-44-56(72-75-60(50-24-8-2-9-25-50)46-61(76-72)51-26-10-3-11-27-51)45-59(73-78-62(52-28-12-4-13-29-52)47-63(79-73)53-30-14-5-15-31-53)70(58)82-67-38-22-20-36-65(67)81(66-37-21-23-39-68(66)82)69-48-64(54-32-16-6-17-33-54)77-71(80-69)55-34-18-7-19-35-55/h2-48H. The predicted molar refractivity (Wildman–Crippen MR) is 331 cm³/mol. The second-order valence-corrected chi connectivity index (χ2v) is 19.8. The summed E-state index contributed by atoms with van der Waals surface area (Å²) < 4.78 is 0. The van der Waals surface area contributed by atoms with Crippen LogP contribution in [-0.2, 0) is 0 Å². The SMILES string of the molecule is [C-]#[N+]c1ccc(-c2cc(-c3nc(-c4ccccc4)cc(-c4ccccc4)n3)cc(-c3nc(-c4ccccc4)cc(-c4ccccc4)n3)c2N2c3ccccc3N(c3cc(-c4ccccc4)nc(-c4ccccc4)n3)c3ccccc32)cc1. The molecule has 0 aliphatic carbocycles. The summed E-state index contributed by atoms with van der Waals surface area (Å²) in [6.45, 7) is 8.02. The van der Waals surface area contributed by atoms with E-state index < -0.39 is 0 Å². The molecule has 0 unspecified atom stereocenters. The second-order valence-electron chi connectivity index (χ2n) is 19.8. The average Bonchev–Trinajstić information content (AvgIpc) is 3.64. The molecule has 0 atom stereocenters. The van der Waals surface area contributed by atoms with Crippen LogP contribution in [0.15, 0.2) is 285 Å². The van der Waals surface area contributed by atoms with Crippen LogP contribution in [0.4, 0.5) is 39.9 Å². The van der Waals surface area contributed by atoms with E-state index in [1.807, 2.05) is 133 Å². The molecule has 0 fully saturated rings. The maximum absolute atomic E-state index is 8.02. The van der Waals surface area contributed by atoms with Crippen LogP contribution >= 0.6 is 0 Å². The van der Waals surface area contributed by atoms with Crippen LogP contribution in [0.25, 0.3) is 106 Å². The Hall–Kier alpha value is -11.5. The molecule has 0 saturated heterocycles. The molecule has 4 heterocycles. The Bertz CT molecular complexity index is 4280. The van der Waals surface area contributed by atoms with Crippen molar-refractivity contribution in [2.75, 3.05) is 9.80 Å². The third kappa shape index (κ3) is 9.38. The summed E-state index contributed by atoms with van der Waals surface area (Å²) in [5.74, 6) is 2.32. The number of hydrogen-bond donors (Lipinski definition) is 0. The molecule has 13 aromatic rings. The Balaban J connectivity index is 1.08. The summed E-state index contributed by atoms with van der Waals surface area (Å²) in [5.41, 5.74) is 17.6. The lowest BCUT2D eigenvalue weighted by Gasteiger charge is -2.41. The van der Waals surface area contributed by atoms with Crippen LogP contribution in [-0.4, -0.2) is 29.9 Å². The molecule has 82 heavy (non-hydrogen) atoms. The van der Waals surface area contributed by atoms with Crippen molar-refractivity contribution in [3.63, 3.8) is 0 Å². The van der Waals surface area contributed by atoms with Gasteiger partial charge in [-0.1, -0.05) is 231 Å². The Kier molecular flexibility index (Phi) is 12.8. The molecule has 10 aromatic carbocycles. The highest BCUT2D eigenvalue weighted by Crippen LogP contribution is 2.58. The van der Waals surface area contributed by atoms with E-state index >= 15 is 0 Å². The van der Waals surface area contributed by atoms with Crippen LogP contribution in [0.5, 0.6) is 0 Å². The van der Waals surface area contributed by atoms with Gasteiger partial charge >= 0.3 is 0 Å². The number of rotatable bonds is 11. The van der Waals surface area contributed by atoms with E-state index in [4.69, 9.17) is 36.5 Å². The molecule has 9 heteroatoms. The monoisotopic (exact) mass is 1050 g/mol. The van der Waals surface area contributed by atoms with Crippen molar-refractivity contribution in [3.05, 3.63) is 297 Å². The van der Waals surface area contributed by atoms with Crippen molar-refractivity contribution >= 4 is 39.9 Å². The van der Waals surface area contributed by atoms with Crippen molar-refractivity contribution in [1.29, 1.82) is 0 Å². The van der Waals surface area contributed by atoms with Crippen molar-refractivity contribution in [1.82, 2.24) is 29.9 Å². The van der Waals surface area contributed by atoms with Gasteiger partial charge in [-0.15, -0.1) is 0 Å². The number of benzene rings is 10. The number of anilines is 6. The normalized spacial score (nSPS) is 11.6. The van der Waals surface area contributed by atoms with Crippen molar-refractivity contribution < 1.29 is 0 Å². The van der Waals surface area contributed by atoms with Gasteiger partial charge in [-0.05, 0) is 54.1 Å². The van der Waals surface area contributed by atoms with Gasteiger partial charge in [0.2, 0.25) is 0 Å². The molecule has 3 aromatic heterocycles. The lowest BCUT2D eigenvalue weighted by molar-refractivity contribution is 1.09. The molecule has 1 aliphatic heterocycles. The molecule has 1 aliphatic rings. The van der Waals surface area contributed by atoms with Gasteiger partial charge in [0.25, 0.3) is 0 Å². The van der Waals surface area contributed by atoms with Gasteiger partial charge in [-0.3, -0.25) is 4.90 Å². The van der Waals surface area contributed by atoms with Crippen molar-refractivity contribution in [2.24, 2.45) is 0 Å². The van der Waals surface area contributed by atoms with E-state index in [1.165, 1.54) is 0 Å². The lowest BCUT2D eigenvalue weighted by atomic mass is 9.92. The highest BCUT2D eigenvalue weighted by molar-refractivity contribution is 6.07. The highest BCUT2D eigenvalue weighted by Gasteiger charge is 2.35. The molecule has 0 spiro atoms. The number of hydrogen-bond acceptors (Lipinski definition) is 8. The minimum atomic E-state index is 0.492. The predicted octanol–water partition coefficient (Wildman–Crippen LogP) is 18.9. The first-order valence-electron chi connectivity index (χ1n) is 27.0. The van der Waals surface area contributed by atoms with Gasteiger partial charge in [0, 0.05) is 56.1 Å². The first-order valence-corrected chi connectivity index (χ1v) is 27.0. The van der Waals surface area contributed by atoms with E-state index in [-0.39, 0.29) is 0 Å². The molecule has 384 valence electrons. The van der Waals surface area contributed by atoms with Crippen LogP contribution < -0.4 is 9.80 Å². The fourth-order valence-electron chi connectivity index (χ4n) is 10.7. The summed E-state index contributed by atoms with van der Waals surface area (Å²) in [5, 5.41) is 0. The van der Waals surface area contributed by atoms with E-state index in [9.17, 15) is 0 Å². The summed E-state index contributed by atoms with van der Waals surface area (Å²) >= 11 is 0. The molecule has 0 amide bonds. The molecule has 0 radical (unpaired) electrons. The zero-order valence-electron chi connectivity index (χ0n) is 44.2. The maximum atomic E-state index is 8.02. The van der Waals surface area contributed by atoms with Crippen LogP contribution in [0.1, 0.15) is 0 Å². The van der Waals surface area contributed by atoms with Crippen molar-refractivity contribution in [2.45, 2.75) is 0 Å². The van der Waals surface area contributed by atoms with Gasteiger partial charge in [0.1, 0.15) is 5.82 Å². The third-order valence-electron chi connectivity index (χ3n) is 14.6. The van der Waals surface area contributed by atoms with E-state index in [1.54, 1.807) is 0 Å². The summed E-state index contributed by atoms with van der Waals surface area (Å²) in [7, 11) is 0. The zero-order chi connectivity index (χ0) is 54.8. The Labute approximate surface area is 475 Å². The number of nitrogens with zero attached hydrogens (tertiary/aromatic N) is 9. The number of para-hydroxylation sites is 4. The fourth-order valence-corrected chi connectivity index (χ4v) is 10.7. The quantitative estimate of drug-likeness (QED) is 0.118. The molecule has 0 saturated carbocycles. The minimum absolute atomic E-state index is 0.492. The largest absolute Gasteiger partial charge is 0.305 e. The molecule has 9 nitrogen and oxygen atoms in total. The van der Waals surface area contributed by atoms with Crippen molar-refractivity contribution in [3.8, 4) is 102 Å². The topological polar surface area (TPSA) is 88.2 Å². The number of aromatic nitrogens is 6. The second kappa shape index (κ2) is 21.4. The average molecular weight is 1050 g/mol.